The first-order chi connectivity index (χ1) is 13.4. The molecule has 2 aromatic rings. The van der Waals surface area contributed by atoms with Gasteiger partial charge in [0.1, 0.15) is 5.75 Å². The number of anilines is 1. The van der Waals surface area contributed by atoms with Gasteiger partial charge >= 0.3 is 0 Å². The lowest BCUT2D eigenvalue weighted by molar-refractivity contribution is 0.309. The summed E-state index contributed by atoms with van der Waals surface area (Å²) in [4.78, 5) is 2.62. The highest BCUT2D eigenvalue weighted by Crippen LogP contribution is 2.27. The molecule has 0 saturated carbocycles. The summed E-state index contributed by atoms with van der Waals surface area (Å²) < 4.78 is 33.2. The van der Waals surface area contributed by atoms with Crippen LogP contribution in [0.1, 0.15) is 30.9 Å². The van der Waals surface area contributed by atoms with E-state index in [0.717, 1.165) is 12.8 Å². The van der Waals surface area contributed by atoms with E-state index >= 15 is 0 Å². The van der Waals surface area contributed by atoms with Crippen LogP contribution in [0.25, 0.3) is 0 Å². The number of ether oxygens (including phenoxy) is 1. The summed E-state index contributed by atoms with van der Waals surface area (Å²) in [5.41, 5.74) is 3.69. The molecule has 0 aromatic heterocycles. The van der Waals surface area contributed by atoms with Crippen molar-refractivity contribution in [1.82, 2.24) is 4.31 Å². The largest absolute Gasteiger partial charge is 0.494 e. The minimum absolute atomic E-state index is 0.330. The van der Waals surface area contributed by atoms with Crippen molar-refractivity contribution in [2.24, 2.45) is 0 Å². The number of para-hydroxylation sites is 1. The molecule has 28 heavy (non-hydrogen) atoms. The van der Waals surface area contributed by atoms with Crippen LogP contribution in [-0.2, 0) is 10.0 Å². The second-order valence-corrected chi connectivity index (χ2v) is 9.24. The molecule has 0 aliphatic carbocycles. The highest BCUT2D eigenvalue weighted by Gasteiger charge is 2.29. The predicted molar refractivity (Wildman–Crippen MR) is 114 cm³/mol. The van der Waals surface area contributed by atoms with Gasteiger partial charge in [-0.2, -0.15) is 4.31 Å². The van der Waals surface area contributed by atoms with Gasteiger partial charge in [-0.1, -0.05) is 31.5 Å². The van der Waals surface area contributed by atoms with Crippen LogP contribution in [0, 0.1) is 13.8 Å². The fourth-order valence-electron chi connectivity index (χ4n) is 3.65. The van der Waals surface area contributed by atoms with Crippen LogP contribution >= 0.6 is 0 Å². The van der Waals surface area contributed by atoms with Gasteiger partial charge < -0.3 is 9.64 Å². The second-order valence-electron chi connectivity index (χ2n) is 7.30. The Morgan fingerprint density at radius 3 is 2.11 bits per heavy atom. The van der Waals surface area contributed by atoms with Crippen LogP contribution in [-0.4, -0.2) is 45.5 Å². The number of aryl methyl sites for hydroxylation is 2. The average molecular weight is 403 g/mol. The van der Waals surface area contributed by atoms with E-state index in [2.05, 4.69) is 43.9 Å². The molecule has 0 N–H and O–H groups in total. The Bertz CT molecular complexity index is 866. The molecule has 3 rings (SSSR count). The molecule has 1 aliphatic rings. The lowest BCUT2D eigenvalue weighted by atomic mass is 10.1. The Labute approximate surface area is 169 Å². The third-order valence-electron chi connectivity index (χ3n) is 5.22. The molecule has 0 atom stereocenters. The highest BCUT2D eigenvalue weighted by atomic mass is 32.2. The first-order valence-corrected chi connectivity index (χ1v) is 11.4. The summed E-state index contributed by atoms with van der Waals surface area (Å²) in [5.74, 6) is 0.715. The first-order valence-electron chi connectivity index (χ1n) is 9.97. The third-order valence-corrected chi connectivity index (χ3v) is 7.14. The zero-order chi connectivity index (χ0) is 20.1. The summed E-state index contributed by atoms with van der Waals surface area (Å²) in [5, 5.41) is 0. The Kier molecular flexibility index (Phi) is 6.62. The molecule has 1 heterocycles. The molecule has 0 unspecified atom stereocenters. The summed E-state index contributed by atoms with van der Waals surface area (Å²) in [6.45, 7) is 9.36. The van der Waals surface area contributed by atoms with Crippen molar-refractivity contribution in [3.05, 3.63) is 53.6 Å². The van der Waals surface area contributed by atoms with Crippen molar-refractivity contribution in [3.63, 3.8) is 0 Å². The van der Waals surface area contributed by atoms with Crippen LogP contribution in [0.5, 0.6) is 5.75 Å². The van der Waals surface area contributed by atoms with E-state index in [0.29, 0.717) is 43.4 Å². The molecule has 2 aromatic carbocycles. The molecule has 0 bridgehead atoms. The number of hydrogen-bond acceptors (Lipinski definition) is 4. The molecular weight excluding hydrogens is 372 g/mol. The van der Waals surface area contributed by atoms with E-state index in [9.17, 15) is 8.42 Å². The van der Waals surface area contributed by atoms with E-state index in [1.807, 2.05) is 0 Å². The molecule has 152 valence electrons. The van der Waals surface area contributed by atoms with Crippen molar-refractivity contribution in [1.29, 1.82) is 0 Å². The SMILES string of the molecule is CCCCOc1ccc(S(=O)(=O)N2CCN(c3c(C)cccc3C)CC2)cc1. The molecular formula is C22H30N2O3S. The number of benzene rings is 2. The van der Waals surface area contributed by atoms with Crippen molar-refractivity contribution in [2.45, 2.75) is 38.5 Å². The van der Waals surface area contributed by atoms with Gasteiger partial charge in [0.05, 0.1) is 11.5 Å². The van der Waals surface area contributed by atoms with Gasteiger partial charge in [-0.3, -0.25) is 0 Å². The summed E-state index contributed by atoms with van der Waals surface area (Å²) in [6.07, 6.45) is 2.06. The van der Waals surface area contributed by atoms with E-state index in [1.165, 1.54) is 16.8 Å². The van der Waals surface area contributed by atoms with Crippen molar-refractivity contribution in [2.75, 3.05) is 37.7 Å². The molecule has 1 saturated heterocycles. The molecule has 0 radical (unpaired) electrons. The van der Waals surface area contributed by atoms with Gasteiger partial charge in [-0.25, -0.2) is 8.42 Å². The van der Waals surface area contributed by atoms with Crippen LogP contribution < -0.4 is 9.64 Å². The minimum atomic E-state index is -3.48. The number of hydrogen-bond donors (Lipinski definition) is 0. The number of rotatable bonds is 7. The fourth-order valence-corrected chi connectivity index (χ4v) is 5.07. The zero-order valence-corrected chi connectivity index (χ0v) is 17.8. The van der Waals surface area contributed by atoms with E-state index in [4.69, 9.17) is 4.74 Å². The first kappa shape index (κ1) is 20.7. The smallest absolute Gasteiger partial charge is 0.243 e. The molecule has 1 fully saturated rings. The van der Waals surface area contributed by atoms with Crippen molar-refractivity contribution < 1.29 is 13.2 Å². The highest BCUT2D eigenvalue weighted by molar-refractivity contribution is 7.89. The van der Waals surface area contributed by atoms with Crippen LogP contribution in [0.4, 0.5) is 5.69 Å². The fraction of sp³-hybridized carbons (Fsp3) is 0.455. The molecule has 5 nitrogen and oxygen atoms in total. The van der Waals surface area contributed by atoms with Gasteiger partial charge in [-0.15, -0.1) is 0 Å². The Morgan fingerprint density at radius 2 is 1.54 bits per heavy atom. The minimum Gasteiger partial charge on any atom is -0.494 e. The number of nitrogens with zero attached hydrogens (tertiary/aromatic N) is 2. The lowest BCUT2D eigenvalue weighted by Crippen LogP contribution is -2.49. The molecule has 1 aliphatic heterocycles. The summed E-state index contributed by atoms with van der Waals surface area (Å²) >= 11 is 0. The van der Waals surface area contributed by atoms with Gasteiger partial charge in [0.15, 0.2) is 0 Å². The molecule has 6 heteroatoms. The van der Waals surface area contributed by atoms with E-state index in [1.54, 1.807) is 28.6 Å². The number of sulfonamides is 1. The zero-order valence-electron chi connectivity index (χ0n) is 17.0. The van der Waals surface area contributed by atoms with Gasteiger partial charge in [0, 0.05) is 31.9 Å². The molecule has 0 amide bonds. The van der Waals surface area contributed by atoms with E-state index in [-0.39, 0.29) is 0 Å². The third kappa shape index (κ3) is 4.50. The van der Waals surface area contributed by atoms with Crippen LogP contribution in [0.2, 0.25) is 0 Å². The maximum atomic E-state index is 13.0. The quantitative estimate of drug-likeness (QED) is 0.657. The van der Waals surface area contributed by atoms with Gasteiger partial charge in [0.25, 0.3) is 0 Å². The Morgan fingerprint density at radius 1 is 0.929 bits per heavy atom. The Hall–Kier alpha value is -2.05. The van der Waals surface area contributed by atoms with Crippen LogP contribution in [0.15, 0.2) is 47.4 Å². The summed E-state index contributed by atoms with van der Waals surface area (Å²) in [7, 11) is -3.48. The maximum absolute atomic E-state index is 13.0. The topological polar surface area (TPSA) is 49.9 Å². The predicted octanol–water partition coefficient (Wildman–Crippen LogP) is 3.99. The van der Waals surface area contributed by atoms with Crippen molar-refractivity contribution in [3.8, 4) is 5.75 Å². The second kappa shape index (κ2) is 8.97. The number of unbranched alkanes of at least 4 members (excludes halogenated alkanes) is 1. The van der Waals surface area contributed by atoms with Gasteiger partial charge in [-0.05, 0) is 55.7 Å². The number of piperazine rings is 1. The lowest BCUT2D eigenvalue weighted by Gasteiger charge is -2.36. The standard InChI is InChI=1S/C22H30N2O3S/c1-4-5-17-27-20-9-11-21(12-10-20)28(25,26)24-15-13-23(14-16-24)22-18(2)7-6-8-19(22)3/h6-12H,4-5,13-17H2,1-3H3. The summed E-state index contributed by atoms with van der Waals surface area (Å²) in [6, 6.07) is 13.1. The van der Waals surface area contributed by atoms with Gasteiger partial charge in [0.2, 0.25) is 10.0 Å². The monoisotopic (exact) mass is 402 g/mol. The van der Waals surface area contributed by atoms with Crippen molar-refractivity contribution >= 4 is 15.7 Å². The maximum Gasteiger partial charge on any atom is 0.243 e. The Balaban J connectivity index is 1.66. The normalized spacial score (nSPS) is 15.6. The average Bonchev–Trinajstić information content (AvgIpc) is 2.69. The molecule has 0 spiro atoms. The van der Waals surface area contributed by atoms with Crippen LogP contribution in [0.3, 0.4) is 0 Å². The van der Waals surface area contributed by atoms with E-state index < -0.39 is 10.0 Å².